The van der Waals surface area contributed by atoms with Crippen LogP contribution in [0.3, 0.4) is 0 Å². The monoisotopic (exact) mass is 282 g/mol. The van der Waals surface area contributed by atoms with Gasteiger partial charge in [0.25, 0.3) is 0 Å². The summed E-state index contributed by atoms with van der Waals surface area (Å²) in [4.78, 5) is 29.3. The summed E-state index contributed by atoms with van der Waals surface area (Å²) in [6, 6.07) is 0. The fraction of sp³-hybridized carbons (Fsp3) is 0.615. The number of hydrogen-bond acceptors (Lipinski definition) is 4. The van der Waals surface area contributed by atoms with Crippen LogP contribution in [0.25, 0.3) is 0 Å². The van der Waals surface area contributed by atoms with E-state index in [0.717, 1.165) is 17.1 Å². The Morgan fingerprint density at radius 1 is 1.47 bits per heavy atom. The van der Waals surface area contributed by atoms with Gasteiger partial charge in [0.1, 0.15) is 0 Å². The minimum atomic E-state index is -0.853. The van der Waals surface area contributed by atoms with Crippen LogP contribution in [-0.4, -0.2) is 33.9 Å². The summed E-state index contributed by atoms with van der Waals surface area (Å²) in [5.74, 6) is -1.82. The van der Waals surface area contributed by atoms with E-state index in [-0.39, 0.29) is 11.8 Å². The van der Waals surface area contributed by atoms with Gasteiger partial charge < -0.3 is 10.0 Å². The van der Waals surface area contributed by atoms with Crippen molar-refractivity contribution in [1.29, 1.82) is 0 Å². The summed E-state index contributed by atoms with van der Waals surface area (Å²) in [6.07, 6.45) is 2.10. The zero-order chi connectivity index (χ0) is 14.0. The van der Waals surface area contributed by atoms with E-state index in [0.29, 0.717) is 19.4 Å². The van der Waals surface area contributed by atoms with Crippen molar-refractivity contribution in [1.82, 2.24) is 9.88 Å². The molecule has 1 aliphatic rings. The molecule has 5 nitrogen and oxygen atoms in total. The largest absolute Gasteiger partial charge is 0.481 e. The van der Waals surface area contributed by atoms with Crippen LogP contribution >= 0.6 is 11.3 Å². The first kappa shape index (κ1) is 14.0. The zero-order valence-electron chi connectivity index (χ0n) is 11.1. The number of rotatable bonds is 4. The minimum absolute atomic E-state index is 0.0736. The number of nitrogens with zero attached hydrogens (tertiary/aromatic N) is 2. The predicted octanol–water partition coefficient (Wildman–Crippen LogP) is 1.91. The highest BCUT2D eigenvalue weighted by Crippen LogP contribution is 2.33. The second-order valence-electron chi connectivity index (χ2n) is 5.03. The number of aryl methyl sites for hydroxylation is 1. The summed E-state index contributed by atoms with van der Waals surface area (Å²) >= 11 is 1.55. The molecule has 0 radical (unpaired) electrons. The van der Waals surface area contributed by atoms with E-state index >= 15 is 0 Å². The summed E-state index contributed by atoms with van der Waals surface area (Å²) in [7, 11) is 1.72. The Kier molecular flexibility index (Phi) is 4.19. The average Bonchev–Trinajstić information content (AvgIpc) is 2.97. The first-order valence-electron chi connectivity index (χ1n) is 6.38. The Hall–Kier alpha value is -1.43. The number of aromatic nitrogens is 1. The van der Waals surface area contributed by atoms with E-state index in [4.69, 9.17) is 5.11 Å². The highest BCUT2D eigenvalue weighted by molar-refractivity contribution is 7.09. The number of carboxylic acids is 1. The molecule has 0 saturated heterocycles. The van der Waals surface area contributed by atoms with Crippen molar-refractivity contribution < 1.29 is 14.7 Å². The van der Waals surface area contributed by atoms with Gasteiger partial charge in [0.05, 0.1) is 29.1 Å². The number of carbonyl (C=O) groups is 2. The van der Waals surface area contributed by atoms with E-state index in [2.05, 4.69) is 4.98 Å². The predicted molar refractivity (Wildman–Crippen MR) is 71.8 cm³/mol. The molecule has 1 saturated carbocycles. The molecule has 0 aliphatic heterocycles. The molecular weight excluding hydrogens is 264 g/mol. The third-order valence-electron chi connectivity index (χ3n) is 3.59. The van der Waals surface area contributed by atoms with E-state index in [9.17, 15) is 9.59 Å². The molecule has 1 aromatic rings. The normalized spacial score (nSPS) is 22.4. The van der Waals surface area contributed by atoms with E-state index in [1.54, 1.807) is 23.3 Å². The van der Waals surface area contributed by atoms with Gasteiger partial charge in [-0.2, -0.15) is 0 Å². The molecule has 1 aliphatic carbocycles. The van der Waals surface area contributed by atoms with Crippen LogP contribution in [0, 0.1) is 18.8 Å². The molecule has 1 aromatic heterocycles. The van der Waals surface area contributed by atoms with Crippen molar-refractivity contribution >= 4 is 23.2 Å². The number of carboxylic acid groups (broad SMARTS) is 1. The zero-order valence-corrected chi connectivity index (χ0v) is 11.9. The van der Waals surface area contributed by atoms with Crippen LogP contribution < -0.4 is 0 Å². The van der Waals surface area contributed by atoms with Crippen molar-refractivity contribution in [3.8, 4) is 0 Å². The van der Waals surface area contributed by atoms with Gasteiger partial charge in [-0.25, -0.2) is 4.98 Å². The number of amides is 1. The fourth-order valence-corrected chi connectivity index (χ4v) is 3.24. The van der Waals surface area contributed by atoms with Gasteiger partial charge in [-0.1, -0.05) is 6.42 Å². The molecule has 0 aromatic carbocycles. The highest BCUT2D eigenvalue weighted by atomic mass is 32.1. The van der Waals surface area contributed by atoms with Gasteiger partial charge >= 0.3 is 5.97 Å². The second-order valence-corrected chi connectivity index (χ2v) is 6.10. The number of hydrogen-bond donors (Lipinski definition) is 1. The summed E-state index contributed by atoms with van der Waals surface area (Å²) in [6.45, 7) is 2.37. The summed E-state index contributed by atoms with van der Waals surface area (Å²) < 4.78 is 0. The Balaban J connectivity index is 2.00. The van der Waals surface area contributed by atoms with Crippen LogP contribution in [0.2, 0.25) is 0 Å². The topological polar surface area (TPSA) is 70.5 Å². The van der Waals surface area contributed by atoms with Crippen molar-refractivity contribution in [2.45, 2.75) is 32.7 Å². The lowest BCUT2D eigenvalue weighted by Crippen LogP contribution is -2.36. The third-order valence-corrected chi connectivity index (χ3v) is 4.41. The van der Waals surface area contributed by atoms with Crippen LogP contribution in [0.1, 0.15) is 30.0 Å². The molecule has 0 bridgehead atoms. The molecular formula is C13H18N2O3S. The Morgan fingerprint density at radius 3 is 2.74 bits per heavy atom. The van der Waals surface area contributed by atoms with Gasteiger partial charge in [-0.3, -0.25) is 9.59 Å². The highest BCUT2D eigenvalue weighted by Gasteiger charge is 2.39. The van der Waals surface area contributed by atoms with Crippen molar-refractivity contribution in [3.63, 3.8) is 0 Å². The quantitative estimate of drug-likeness (QED) is 0.915. The van der Waals surface area contributed by atoms with E-state index in [1.165, 1.54) is 0 Å². The molecule has 2 atom stereocenters. The Labute approximate surface area is 116 Å². The maximum atomic E-state index is 12.3. The van der Waals surface area contributed by atoms with Crippen LogP contribution in [0.4, 0.5) is 0 Å². The van der Waals surface area contributed by atoms with Gasteiger partial charge in [0.15, 0.2) is 0 Å². The molecule has 1 N–H and O–H groups in total. The van der Waals surface area contributed by atoms with Gasteiger partial charge in [0.2, 0.25) is 5.91 Å². The number of aliphatic carboxylic acids is 1. The van der Waals surface area contributed by atoms with Gasteiger partial charge in [-0.05, 0) is 19.8 Å². The smallest absolute Gasteiger partial charge is 0.307 e. The maximum Gasteiger partial charge on any atom is 0.307 e. The van der Waals surface area contributed by atoms with Gasteiger partial charge in [0, 0.05) is 12.4 Å². The molecule has 6 heteroatoms. The lowest BCUT2D eigenvalue weighted by molar-refractivity contribution is -0.148. The van der Waals surface area contributed by atoms with Crippen LogP contribution in [-0.2, 0) is 16.1 Å². The Bertz CT molecular complexity index is 486. The van der Waals surface area contributed by atoms with Crippen molar-refractivity contribution in [3.05, 3.63) is 16.1 Å². The standard InChI is InChI=1S/C13H18N2O3S/c1-8-14-9(7-19-8)6-15(2)12(16)10-4-3-5-11(10)13(17)18/h7,10-11H,3-6H2,1-2H3,(H,17,18)/t10-,11+/m1/s1. The SMILES string of the molecule is Cc1nc(CN(C)C(=O)[C@@H]2CCC[C@@H]2C(=O)O)cs1. The minimum Gasteiger partial charge on any atom is -0.481 e. The molecule has 1 fully saturated rings. The molecule has 1 heterocycles. The van der Waals surface area contributed by atoms with Crippen molar-refractivity contribution in [2.24, 2.45) is 11.8 Å². The molecule has 104 valence electrons. The lowest BCUT2D eigenvalue weighted by Gasteiger charge is -2.22. The molecule has 0 spiro atoms. The molecule has 19 heavy (non-hydrogen) atoms. The summed E-state index contributed by atoms with van der Waals surface area (Å²) in [5, 5.41) is 12.0. The molecule has 0 unspecified atom stereocenters. The van der Waals surface area contributed by atoms with Crippen molar-refractivity contribution in [2.75, 3.05) is 7.05 Å². The van der Waals surface area contributed by atoms with Crippen LogP contribution in [0.15, 0.2) is 5.38 Å². The van der Waals surface area contributed by atoms with Crippen LogP contribution in [0.5, 0.6) is 0 Å². The summed E-state index contributed by atoms with van der Waals surface area (Å²) in [5.41, 5.74) is 0.864. The maximum absolute atomic E-state index is 12.3. The number of thiazole rings is 1. The van der Waals surface area contributed by atoms with E-state index in [1.807, 2.05) is 12.3 Å². The number of carbonyl (C=O) groups excluding carboxylic acids is 1. The average molecular weight is 282 g/mol. The fourth-order valence-electron chi connectivity index (χ4n) is 2.64. The first-order chi connectivity index (χ1) is 8.99. The molecule has 1 amide bonds. The Morgan fingerprint density at radius 2 is 2.16 bits per heavy atom. The molecule has 2 rings (SSSR count). The first-order valence-corrected chi connectivity index (χ1v) is 7.26. The second kappa shape index (κ2) is 5.69. The van der Waals surface area contributed by atoms with Gasteiger partial charge in [-0.15, -0.1) is 11.3 Å². The third kappa shape index (κ3) is 3.12. The van der Waals surface area contributed by atoms with E-state index < -0.39 is 11.9 Å². The lowest BCUT2D eigenvalue weighted by atomic mass is 9.95.